The smallest absolute Gasteiger partial charge is 0.170 e. The van der Waals surface area contributed by atoms with Gasteiger partial charge in [-0.15, -0.1) is 0 Å². The van der Waals surface area contributed by atoms with Crippen LogP contribution in [-0.2, 0) is 4.79 Å². The number of hydrogen-bond donors (Lipinski definition) is 1. The van der Waals surface area contributed by atoms with Crippen molar-refractivity contribution >= 4 is 21.7 Å². The number of rotatable bonds is 1. The number of aliphatic hydroxyl groups is 1. The minimum atomic E-state index is -0.818. The van der Waals surface area contributed by atoms with Crippen molar-refractivity contribution in [1.82, 2.24) is 0 Å². The molecule has 3 nitrogen and oxygen atoms in total. The first-order chi connectivity index (χ1) is 11.4. The maximum Gasteiger partial charge on any atom is 0.170 e. The highest BCUT2D eigenvalue weighted by molar-refractivity contribution is 9.12. The van der Waals surface area contributed by atoms with E-state index >= 15 is 0 Å². The van der Waals surface area contributed by atoms with Gasteiger partial charge in [0.05, 0.1) is 22.6 Å². The van der Waals surface area contributed by atoms with E-state index in [2.05, 4.69) is 28.9 Å². The molecular weight excluding hydrogens is 366 g/mol. The summed E-state index contributed by atoms with van der Waals surface area (Å²) >= 11 is 3.54. The summed E-state index contributed by atoms with van der Waals surface area (Å²) in [5.74, 6) is 1.26. The fraction of sp³-hybridized carbons (Fsp3) is 0.700. The number of carbonyl (C=O) groups excluding carboxylic acids is 1. The normalized spacial score (nSPS) is 41.7. The number of Topliss-reactive ketones (excluding diaryl/α,β-unsaturated/α-hetero) is 1. The zero-order valence-corrected chi connectivity index (χ0v) is 15.8. The molecule has 2 saturated carbocycles. The van der Waals surface area contributed by atoms with Crippen LogP contribution in [-0.4, -0.2) is 16.5 Å². The van der Waals surface area contributed by atoms with Crippen LogP contribution in [0.25, 0.3) is 0 Å². The summed E-state index contributed by atoms with van der Waals surface area (Å²) in [7, 11) is 0. The van der Waals surface area contributed by atoms with Crippen molar-refractivity contribution < 1.29 is 9.90 Å². The highest BCUT2D eigenvalue weighted by Gasteiger charge is 2.60. The molecule has 0 heterocycles. The van der Waals surface area contributed by atoms with Crippen LogP contribution in [0.1, 0.15) is 64.7 Å². The van der Waals surface area contributed by atoms with Crippen LogP contribution < -0.4 is 0 Å². The predicted octanol–water partition coefficient (Wildman–Crippen LogP) is 4.56. The molecule has 0 radical (unpaired) electrons. The number of allylic oxidation sites excluding steroid dienone is 4. The van der Waals surface area contributed by atoms with Gasteiger partial charge in [0.2, 0.25) is 0 Å². The Balaban J connectivity index is 1.74. The van der Waals surface area contributed by atoms with Gasteiger partial charge in [-0.2, -0.15) is 5.26 Å². The first kappa shape index (κ1) is 16.5. The van der Waals surface area contributed by atoms with Crippen LogP contribution in [0.3, 0.4) is 0 Å². The zero-order chi connectivity index (χ0) is 17.1. The number of fused-ring (bicyclic) bond motifs is 4. The summed E-state index contributed by atoms with van der Waals surface area (Å²) in [5, 5.41) is 20.3. The van der Waals surface area contributed by atoms with E-state index in [1.54, 1.807) is 5.57 Å². The van der Waals surface area contributed by atoms with Gasteiger partial charge >= 0.3 is 0 Å². The molecule has 0 spiro atoms. The van der Waals surface area contributed by atoms with Crippen LogP contribution in [0.2, 0.25) is 0 Å². The average Bonchev–Trinajstić information content (AvgIpc) is 2.82. The van der Waals surface area contributed by atoms with E-state index in [0.29, 0.717) is 18.3 Å². The molecule has 128 valence electrons. The summed E-state index contributed by atoms with van der Waals surface area (Å²) in [6, 6.07) is 2.22. The molecule has 2 fully saturated rings. The van der Waals surface area contributed by atoms with E-state index in [1.165, 1.54) is 11.1 Å². The van der Waals surface area contributed by atoms with Gasteiger partial charge in [0, 0.05) is 11.8 Å². The summed E-state index contributed by atoms with van der Waals surface area (Å²) < 4.78 is 0.815. The molecular formula is C20H24BrNO2. The summed E-state index contributed by atoms with van der Waals surface area (Å²) in [4.78, 5) is 12.0. The molecule has 24 heavy (non-hydrogen) atoms. The lowest BCUT2D eigenvalue weighted by Crippen LogP contribution is -2.49. The third-order valence-electron chi connectivity index (χ3n) is 7.54. The largest absolute Gasteiger partial charge is 0.388 e. The van der Waals surface area contributed by atoms with Crippen molar-refractivity contribution in [2.45, 2.75) is 70.3 Å². The molecule has 4 rings (SSSR count). The van der Waals surface area contributed by atoms with Crippen LogP contribution in [0.15, 0.2) is 21.2 Å². The number of nitrogens with zero attached hydrogens (tertiary/aromatic N) is 1. The highest BCUT2D eigenvalue weighted by Crippen LogP contribution is 2.64. The number of nitriles is 1. The Bertz CT molecular complexity index is 716. The Hall–Kier alpha value is -0.920. The van der Waals surface area contributed by atoms with Gasteiger partial charge in [0.15, 0.2) is 5.78 Å². The first-order valence-corrected chi connectivity index (χ1v) is 9.94. The molecule has 0 amide bonds. The Morgan fingerprint density at radius 2 is 2.00 bits per heavy atom. The topological polar surface area (TPSA) is 61.1 Å². The monoisotopic (exact) mass is 389 g/mol. The Kier molecular flexibility index (Phi) is 3.82. The second-order valence-corrected chi connectivity index (χ2v) is 9.09. The van der Waals surface area contributed by atoms with E-state index < -0.39 is 5.60 Å². The third kappa shape index (κ3) is 2.07. The molecule has 4 aliphatic carbocycles. The SMILES string of the molecule is C[C@]12CCC3=C4CCC(=O)C(Br)=C4CC[C@H]3[C@@H]1CC[C@@]2(O)CC#N. The van der Waals surface area contributed by atoms with Gasteiger partial charge in [-0.25, -0.2) is 0 Å². The molecule has 4 atom stereocenters. The van der Waals surface area contributed by atoms with Crippen LogP contribution in [0.5, 0.6) is 0 Å². The van der Waals surface area contributed by atoms with E-state index in [4.69, 9.17) is 0 Å². The van der Waals surface area contributed by atoms with Crippen molar-refractivity contribution in [2.24, 2.45) is 17.3 Å². The van der Waals surface area contributed by atoms with E-state index in [1.807, 2.05) is 0 Å². The van der Waals surface area contributed by atoms with Crippen LogP contribution >= 0.6 is 15.9 Å². The molecule has 0 bridgehead atoms. The highest BCUT2D eigenvalue weighted by atomic mass is 79.9. The lowest BCUT2D eigenvalue weighted by molar-refractivity contribution is -0.115. The number of hydrogen-bond acceptors (Lipinski definition) is 3. The van der Waals surface area contributed by atoms with Crippen molar-refractivity contribution in [3.63, 3.8) is 0 Å². The first-order valence-electron chi connectivity index (χ1n) is 9.15. The van der Waals surface area contributed by atoms with Gasteiger partial charge in [0.25, 0.3) is 0 Å². The van der Waals surface area contributed by atoms with Gasteiger partial charge in [-0.1, -0.05) is 12.5 Å². The molecule has 0 aliphatic heterocycles. The second-order valence-electron chi connectivity index (χ2n) is 8.29. The minimum Gasteiger partial charge on any atom is -0.388 e. The van der Waals surface area contributed by atoms with Crippen molar-refractivity contribution in [1.29, 1.82) is 5.26 Å². The van der Waals surface area contributed by atoms with E-state index in [9.17, 15) is 15.2 Å². The average molecular weight is 390 g/mol. The van der Waals surface area contributed by atoms with Gasteiger partial charge in [-0.05, 0) is 83.9 Å². The van der Waals surface area contributed by atoms with Gasteiger partial charge < -0.3 is 5.11 Å². The molecule has 0 aromatic rings. The molecule has 0 aromatic heterocycles. The quantitative estimate of drug-likeness (QED) is 0.714. The zero-order valence-electron chi connectivity index (χ0n) is 14.2. The summed E-state index contributed by atoms with van der Waals surface area (Å²) in [6.07, 6.45) is 7.57. The third-order valence-corrected chi connectivity index (χ3v) is 8.46. The standard InChI is InChI=1S/C20H24BrNO2/c1-19-8-6-13-12-4-5-17(23)18(21)15(12)3-2-14(13)16(19)7-9-20(19,24)10-11-22/h14,16,24H,2-10H2,1H3/t14-,16+,19+,20-/m1/s1. The van der Waals surface area contributed by atoms with Crippen molar-refractivity contribution in [3.05, 3.63) is 21.2 Å². The fourth-order valence-electron chi connectivity index (χ4n) is 6.12. The minimum absolute atomic E-state index is 0.138. The lowest BCUT2D eigenvalue weighted by atomic mass is 9.54. The van der Waals surface area contributed by atoms with E-state index in [0.717, 1.165) is 49.4 Å². The lowest BCUT2D eigenvalue weighted by Gasteiger charge is -2.51. The molecule has 4 heteroatoms. The van der Waals surface area contributed by atoms with E-state index in [-0.39, 0.29) is 17.6 Å². The Labute approximate surface area is 151 Å². The van der Waals surface area contributed by atoms with Crippen LogP contribution in [0.4, 0.5) is 0 Å². The molecule has 0 saturated heterocycles. The second kappa shape index (κ2) is 5.54. The van der Waals surface area contributed by atoms with Gasteiger partial charge in [-0.3, -0.25) is 4.79 Å². The van der Waals surface area contributed by atoms with Crippen molar-refractivity contribution in [3.8, 4) is 6.07 Å². The van der Waals surface area contributed by atoms with Crippen LogP contribution in [0, 0.1) is 28.6 Å². The fourth-order valence-corrected chi connectivity index (χ4v) is 6.75. The van der Waals surface area contributed by atoms with Crippen molar-refractivity contribution in [2.75, 3.05) is 0 Å². The number of halogens is 1. The van der Waals surface area contributed by atoms with Gasteiger partial charge in [0.1, 0.15) is 0 Å². The predicted molar refractivity (Wildman–Crippen MR) is 95.2 cm³/mol. The summed E-state index contributed by atoms with van der Waals surface area (Å²) in [5.41, 5.74) is 3.30. The molecule has 0 aromatic carbocycles. The molecule has 1 N–H and O–H groups in total. The summed E-state index contributed by atoms with van der Waals surface area (Å²) in [6.45, 7) is 2.22. The number of carbonyl (C=O) groups is 1. The Morgan fingerprint density at radius 1 is 1.21 bits per heavy atom. The number of ketones is 1. The molecule has 0 unspecified atom stereocenters. The maximum atomic E-state index is 12.0. The maximum absolute atomic E-state index is 12.0. The Morgan fingerprint density at radius 3 is 2.75 bits per heavy atom. The molecule has 4 aliphatic rings.